The molecule has 3 heteroatoms. The largest absolute Gasteiger partial charge is 0.368 e. The lowest BCUT2D eigenvalue weighted by Crippen LogP contribution is -2.08. The molecule has 0 aliphatic heterocycles. The fourth-order valence-corrected chi connectivity index (χ4v) is 2.49. The van der Waals surface area contributed by atoms with Crippen molar-refractivity contribution in [1.82, 2.24) is 10.2 Å². The number of anilines is 1. The molecule has 0 unspecified atom stereocenters. The van der Waals surface area contributed by atoms with Crippen LogP contribution in [0.2, 0.25) is 0 Å². The van der Waals surface area contributed by atoms with Crippen LogP contribution >= 0.6 is 0 Å². The number of aryl methyl sites for hydroxylation is 3. The zero-order valence-corrected chi connectivity index (χ0v) is 14.0. The summed E-state index contributed by atoms with van der Waals surface area (Å²) in [4.78, 5) is 0. The Morgan fingerprint density at radius 2 is 1.52 bits per heavy atom. The highest BCUT2D eigenvalue weighted by Crippen LogP contribution is 2.30. The van der Waals surface area contributed by atoms with Crippen molar-refractivity contribution in [3.8, 4) is 11.3 Å². The highest BCUT2D eigenvalue weighted by atomic mass is 15.2. The van der Waals surface area contributed by atoms with Gasteiger partial charge in [0.2, 0.25) is 0 Å². The number of benzene rings is 1. The van der Waals surface area contributed by atoms with E-state index in [1.54, 1.807) is 0 Å². The van der Waals surface area contributed by atoms with Crippen LogP contribution in [0.4, 0.5) is 5.82 Å². The van der Waals surface area contributed by atoms with Gasteiger partial charge in [0.15, 0.2) is 5.82 Å². The lowest BCUT2D eigenvalue weighted by molar-refractivity contribution is 0.932. The number of hydrogen-bond donors (Lipinski definition) is 1. The molecule has 0 atom stereocenters. The first-order valence-electron chi connectivity index (χ1n) is 7.61. The van der Waals surface area contributed by atoms with Crippen molar-refractivity contribution < 1.29 is 0 Å². The van der Waals surface area contributed by atoms with Crippen LogP contribution in [-0.4, -0.2) is 16.7 Å². The van der Waals surface area contributed by atoms with E-state index in [0.717, 1.165) is 24.5 Å². The topological polar surface area (TPSA) is 37.8 Å². The van der Waals surface area contributed by atoms with Gasteiger partial charge in [-0.2, -0.15) is 0 Å². The summed E-state index contributed by atoms with van der Waals surface area (Å²) in [7, 11) is 0. The van der Waals surface area contributed by atoms with Crippen LogP contribution in [0, 0.1) is 34.6 Å². The first-order valence-corrected chi connectivity index (χ1v) is 7.61. The number of hydrogen-bond acceptors (Lipinski definition) is 3. The van der Waals surface area contributed by atoms with Gasteiger partial charge in [-0.3, -0.25) is 0 Å². The van der Waals surface area contributed by atoms with E-state index in [2.05, 4.69) is 69.2 Å². The molecule has 1 heterocycles. The molecule has 2 aromatic rings. The van der Waals surface area contributed by atoms with Crippen molar-refractivity contribution in [2.75, 3.05) is 11.9 Å². The van der Waals surface area contributed by atoms with Crippen LogP contribution in [-0.2, 0) is 0 Å². The molecule has 1 aromatic carbocycles. The van der Waals surface area contributed by atoms with Crippen molar-refractivity contribution in [3.63, 3.8) is 0 Å². The van der Waals surface area contributed by atoms with Gasteiger partial charge in [-0.25, -0.2) is 0 Å². The second-order valence-electron chi connectivity index (χ2n) is 5.83. The third kappa shape index (κ3) is 3.07. The van der Waals surface area contributed by atoms with Crippen molar-refractivity contribution >= 4 is 5.82 Å². The molecule has 0 aliphatic rings. The molecule has 0 radical (unpaired) electrons. The summed E-state index contributed by atoms with van der Waals surface area (Å²) in [5.74, 6) is 0.902. The first-order chi connectivity index (χ1) is 9.95. The van der Waals surface area contributed by atoms with Crippen LogP contribution in [0.1, 0.15) is 41.2 Å². The molecule has 0 saturated heterocycles. The van der Waals surface area contributed by atoms with Crippen LogP contribution in [0.15, 0.2) is 12.1 Å². The van der Waals surface area contributed by atoms with Gasteiger partial charge in [-0.15, -0.1) is 10.2 Å². The average Bonchev–Trinajstić information content (AvgIpc) is 2.45. The van der Waals surface area contributed by atoms with Crippen molar-refractivity contribution in [2.24, 2.45) is 0 Å². The Morgan fingerprint density at radius 1 is 0.857 bits per heavy atom. The minimum atomic E-state index is 0.902. The quantitative estimate of drug-likeness (QED) is 0.897. The fourth-order valence-electron chi connectivity index (χ4n) is 2.49. The maximum Gasteiger partial charge on any atom is 0.151 e. The Labute approximate surface area is 127 Å². The second kappa shape index (κ2) is 6.25. The molecule has 112 valence electrons. The first kappa shape index (κ1) is 15.5. The molecule has 1 aromatic heterocycles. The molecule has 2 rings (SSSR count). The molecular weight excluding hydrogens is 258 g/mol. The summed E-state index contributed by atoms with van der Waals surface area (Å²) in [6.07, 6.45) is 1.08. The number of rotatable bonds is 4. The van der Waals surface area contributed by atoms with Gasteiger partial charge >= 0.3 is 0 Å². The average molecular weight is 283 g/mol. The standard InChI is InChI=1S/C18H25N3/c1-7-8-19-18-15(6)14(5)17(20-21-18)16-10-12(3)11(2)9-13(16)4/h9-10H,7-8H2,1-6H3,(H,19,21). The van der Waals surface area contributed by atoms with Crippen molar-refractivity contribution in [3.05, 3.63) is 39.9 Å². The number of nitrogens with zero attached hydrogens (tertiary/aromatic N) is 2. The highest BCUT2D eigenvalue weighted by molar-refractivity contribution is 5.70. The van der Waals surface area contributed by atoms with Gasteiger partial charge < -0.3 is 5.32 Å². The Bertz CT molecular complexity index is 660. The van der Waals surface area contributed by atoms with E-state index in [1.165, 1.54) is 33.4 Å². The van der Waals surface area contributed by atoms with Crippen LogP contribution in [0.25, 0.3) is 11.3 Å². The lowest BCUT2D eigenvalue weighted by atomic mass is 9.95. The van der Waals surface area contributed by atoms with Gasteiger partial charge in [0, 0.05) is 12.1 Å². The van der Waals surface area contributed by atoms with Crippen molar-refractivity contribution in [1.29, 1.82) is 0 Å². The summed E-state index contributed by atoms with van der Waals surface area (Å²) in [6, 6.07) is 4.45. The highest BCUT2D eigenvalue weighted by Gasteiger charge is 2.13. The summed E-state index contributed by atoms with van der Waals surface area (Å²) < 4.78 is 0. The van der Waals surface area contributed by atoms with Crippen molar-refractivity contribution in [2.45, 2.75) is 48.0 Å². The Balaban J connectivity index is 2.51. The molecule has 0 fully saturated rings. The van der Waals surface area contributed by atoms with E-state index in [9.17, 15) is 0 Å². The van der Waals surface area contributed by atoms with Gasteiger partial charge in [-0.05, 0) is 74.9 Å². The monoisotopic (exact) mass is 283 g/mol. The SMILES string of the molecule is CCCNc1nnc(-c2cc(C)c(C)cc2C)c(C)c1C. The number of aromatic nitrogens is 2. The Morgan fingerprint density at radius 3 is 2.19 bits per heavy atom. The van der Waals surface area contributed by atoms with Gasteiger partial charge in [0.1, 0.15) is 0 Å². The Kier molecular flexibility index (Phi) is 4.61. The third-order valence-corrected chi connectivity index (χ3v) is 4.16. The summed E-state index contributed by atoms with van der Waals surface area (Å²) >= 11 is 0. The van der Waals surface area contributed by atoms with E-state index in [-0.39, 0.29) is 0 Å². The smallest absolute Gasteiger partial charge is 0.151 e. The maximum atomic E-state index is 4.48. The predicted molar refractivity (Wildman–Crippen MR) is 89.9 cm³/mol. The van der Waals surface area contributed by atoms with Gasteiger partial charge in [0.05, 0.1) is 5.69 Å². The molecule has 0 aliphatic carbocycles. The summed E-state index contributed by atoms with van der Waals surface area (Å²) in [5, 5.41) is 12.2. The zero-order valence-electron chi connectivity index (χ0n) is 14.0. The van der Waals surface area contributed by atoms with E-state index in [0.29, 0.717) is 0 Å². The van der Waals surface area contributed by atoms with E-state index in [4.69, 9.17) is 0 Å². The predicted octanol–water partition coefficient (Wildman–Crippen LogP) is 4.51. The third-order valence-electron chi connectivity index (χ3n) is 4.16. The van der Waals surface area contributed by atoms with E-state index < -0.39 is 0 Å². The van der Waals surface area contributed by atoms with E-state index >= 15 is 0 Å². The molecule has 1 N–H and O–H groups in total. The summed E-state index contributed by atoms with van der Waals surface area (Å²) in [5.41, 5.74) is 8.44. The molecule has 3 nitrogen and oxygen atoms in total. The number of nitrogens with one attached hydrogen (secondary N) is 1. The lowest BCUT2D eigenvalue weighted by Gasteiger charge is -2.15. The minimum absolute atomic E-state index is 0.902. The normalized spacial score (nSPS) is 10.8. The molecular formula is C18H25N3. The van der Waals surface area contributed by atoms with Crippen LogP contribution in [0.3, 0.4) is 0 Å². The zero-order chi connectivity index (χ0) is 15.6. The van der Waals surface area contributed by atoms with Crippen LogP contribution < -0.4 is 5.32 Å². The Hall–Kier alpha value is -1.90. The fraction of sp³-hybridized carbons (Fsp3) is 0.444. The maximum absolute atomic E-state index is 4.48. The molecule has 0 bridgehead atoms. The van der Waals surface area contributed by atoms with E-state index in [1.807, 2.05) is 0 Å². The van der Waals surface area contributed by atoms with Gasteiger partial charge in [-0.1, -0.05) is 13.0 Å². The minimum Gasteiger partial charge on any atom is -0.368 e. The molecule has 21 heavy (non-hydrogen) atoms. The van der Waals surface area contributed by atoms with Gasteiger partial charge in [0.25, 0.3) is 0 Å². The molecule has 0 amide bonds. The van der Waals surface area contributed by atoms with Crippen LogP contribution in [0.5, 0.6) is 0 Å². The molecule has 0 spiro atoms. The second-order valence-corrected chi connectivity index (χ2v) is 5.83. The summed E-state index contributed by atoms with van der Waals surface area (Å²) in [6.45, 7) is 13.7. The molecule has 0 saturated carbocycles.